The molecule has 1 atom stereocenters. The average molecular weight is 390 g/mol. The number of hydrogen-bond acceptors (Lipinski definition) is 7. The molecule has 0 radical (unpaired) electrons. The van der Waals surface area contributed by atoms with E-state index in [1.807, 2.05) is 42.5 Å². The van der Waals surface area contributed by atoms with E-state index in [0.717, 1.165) is 26.2 Å². The van der Waals surface area contributed by atoms with Gasteiger partial charge in [0.15, 0.2) is 4.34 Å². The third-order valence-corrected chi connectivity index (χ3v) is 5.94. The number of aromatic nitrogens is 2. The van der Waals surface area contributed by atoms with E-state index < -0.39 is 6.23 Å². The van der Waals surface area contributed by atoms with E-state index in [2.05, 4.69) is 15.5 Å². The van der Waals surface area contributed by atoms with Gasteiger partial charge < -0.3 is 10.1 Å². The summed E-state index contributed by atoms with van der Waals surface area (Å²) >= 11 is 8.92. The summed E-state index contributed by atoms with van der Waals surface area (Å²) in [5.74, 6) is 0.461. The smallest absolute Gasteiger partial charge is 0.340 e. The number of rotatable bonds is 5. The van der Waals surface area contributed by atoms with Gasteiger partial charge in [0.25, 0.3) is 0 Å². The van der Waals surface area contributed by atoms with E-state index in [0.29, 0.717) is 10.7 Å². The second kappa shape index (κ2) is 7.03. The van der Waals surface area contributed by atoms with Gasteiger partial charge in [0.1, 0.15) is 0 Å². The molecular formula is C17H12ClN3O2S2. The highest BCUT2D eigenvalue weighted by atomic mass is 35.5. The monoisotopic (exact) mass is 389 g/mol. The Morgan fingerprint density at radius 2 is 1.96 bits per heavy atom. The van der Waals surface area contributed by atoms with Crippen LogP contribution in [-0.4, -0.2) is 16.2 Å². The number of carbonyl (C=O) groups excluding carboxylic acids is 1. The number of thioether (sulfide) groups is 1. The highest BCUT2D eigenvalue weighted by Crippen LogP contribution is 2.34. The highest BCUT2D eigenvalue weighted by molar-refractivity contribution is 8.00. The van der Waals surface area contributed by atoms with Gasteiger partial charge >= 0.3 is 5.97 Å². The van der Waals surface area contributed by atoms with Crippen LogP contribution in [-0.2, 0) is 10.5 Å². The number of esters is 1. The molecule has 3 aromatic rings. The largest absolute Gasteiger partial charge is 0.434 e. The normalized spacial score (nSPS) is 15.7. The molecule has 2 aromatic carbocycles. The Balaban J connectivity index is 1.40. The Morgan fingerprint density at radius 3 is 2.80 bits per heavy atom. The number of hydrogen-bond donors (Lipinski definition) is 1. The summed E-state index contributed by atoms with van der Waals surface area (Å²) in [6.07, 6.45) is -0.522. The lowest BCUT2D eigenvalue weighted by molar-refractivity contribution is 0.0437. The summed E-state index contributed by atoms with van der Waals surface area (Å²) in [7, 11) is 0. The van der Waals surface area contributed by atoms with Crippen molar-refractivity contribution in [3.05, 3.63) is 70.2 Å². The zero-order chi connectivity index (χ0) is 17.2. The minimum absolute atomic E-state index is 0.324. The summed E-state index contributed by atoms with van der Waals surface area (Å²) in [4.78, 5) is 11.8. The van der Waals surface area contributed by atoms with Crippen LogP contribution in [0.3, 0.4) is 0 Å². The molecule has 25 heavy (non-hydrogen) atoms. The zero-order valence-electron chi connectivity index (χ0n) is 12.8. The number of ether oxygens (including phenoxy) is 1. The van der Waals surface area contributed by atoms with Crippen LogP contribution in [0.5, 0.6) is 0 Å². The van der Waals surface area contributed by atoms with E-state index in [-0.39, 0.29) is 5.97 Å². The minimum atomic E-state index is -0.522. The van der Waals surface area contributed by atoms with Gasteiger partial charge in [0.2, 0.25) is 11.4 Å². The van der Waals surface area contributed by atoms with Gasteiger partial charge in [-0.2, -0.15) is 0 Å². The summed E-state index contributed by atoms with van der Waals surface area (Å²) in [6.45, 7) is 0. The first kappa shape index (κ1) is 16.4. The van der Waals surface area contributed by atoms with Crippen LogP contribution in [0.15, 0.2) is 52.9 Å². The van der Waals surface area contributed by atoms with E-state index in [1.54, 1.807) is 17.8 Å². The van der Waals surface area contributed by atoms with Crippen molar-refractivity contribution < 1.29 is 9.53 Å². The van der Waals surface area contributed by atoms with Gasteiger partial charge in [-0.25, -0.2) is 4.79 Å². The van der Waals surface area contributed by atoms with Gasteiger partial charge in [-0.05, 0) is 23.8 Å². The number of benzene rings is 2. The maximum absolute atomic E-state index is 11.8. The molecule has 1 aliphatic heterocycles. The lowest BCUT2D eigenvalue weighted by atomic mass is 10.1. The standard InChI is InChI=1S/C17H12ClN3O2S2/c18-11-7-5-10(6-8-11)9-24-17-21-20-16(25-17)19-14-12-3-1-2-4-13(12)15(22)23-14/h1-8,14H,9H2,(H,19,20). The molecule has 0 saturated carbocycles. The second-order valence-corrected chi connectivity index (χ2v) is 7.94. The van der Waals surface area contributed by atoms with Gasteiger partial charge in [0.05, 0.1) is 5.56 Å². The maximum Gasteiger partial charge on any atom is 0.340 e. The van der Waals surface area contributed by atoms with Gasteiger partial charge in [-0.1, -0.05) is 65.0 Å². The third-order valence-electron chi connectivity index (χ3n) is 3.62. The summed E-state index contributed by atoms with van der Waals surface area (Å²) in [5, 5.41) is 12.8. The number of nitrogens with zero attached hydrogens (tertiary/aromatic N) is 2. The number of anilines is 1. The predicted octanol–water partition coefficient (Wildman–Crippen LogP) is 4.76. The lowest BCUT2D eigenvalue weighted by Gasteiger charge is -2.10. The minimum Gasteiger partial charge on any atom is -0.434 e. The van der Waals surface area contributed by atoms with Crippen molar-refractivity contribution >= 4 is 45.8 Å². The molecule has 1 aromatic heterocycles. The summed E-state index contributed by atoms with van der Waals surface area (Å²) < 4.78 is 6.20. The zero-order valence-corrected chi connectivity index (χ0v) is 15.2. The molecule has 0 aliphatic carbocycles. The van der Waals surface area contributed by atoms with Crippen molar-refractivity contribution in [3.63, 3.8) is 0 Å². The lowest BCUT2D eigenvalue weighted by Crippen LogP contribution is -2.09. The van der Waals surface area contributed by atoms with E-state index in [9.17, 15) is 4.79 Å². The van der Waals surface area contributed by atoms with Crippen molar-refractivity contribution in [2.75, 3.05) is 5.32 Å². The molecular weight excluding hydrogens is 378 g/mol. The van der Waals surface area contributed by atoms with Crippen LogP contribution in [0.4, 0.5) is 5.13 Å². The Morgan fingerprint density at radius 1 is 1.16 bits per heavy atom. The van der Waals surface area contributed by atoms with E-state index in [1.165, 1.54) is 11.3 Å². The molecule has 8 heteroatoms. The Bertz CT molecular complexity index is 914. The van der Waals surface area contributed by atoms with E-state index >= 15 is 0 Å². The molecule has 1 aliphatic rings. The van der Waals surface area contributed by atoms with Crippen molar-refractivity contribution in [1.82, 2.24) is 10.2 Å². The van der Waals surface area contributed by atoms with E-state index in [4.69, 9.17) is 16.3 Å². The Labute approximate surface area is 157 Å². The SMILES string of the molecule is O=C1OC(Nc2nnc(SCc3ccc(Cl)cc3)s2)c2ccccc21. The van der Waals surface area contributed by atoms with Crippen molar-refractivity contribution in [2.24, 2.45) is 0 Å². The average Bonchev–Trinajstić information content (AvgIpc) is 3.20. The quantitative estimate of drug-likeness (QED) is 0.501. The molecule has 0 amide bonds. The second-order valence-electron chi connectivity index (χ2n) is 5.31. The summed E-state index contributed by atoms with van der Waals surface area (Å²) in [6, 6.07) is 15.0. The fourth-order valence-corrected chi connectivity index (χ4v) is 4.27. The van der Waals surface area contributed by atoms with Gasteiger partial charge in [-0.3, -0.25) is 0 Å². The summed E-state index contributed by atoms with van der Waals surface area (Å²) in [5.41, 5.74) is 2.57. The van der Waals surface area contributed by atoms with Crippen molar-refractivity contribution in [1.29, 1.82) is 0 Å². The molecule has 5 nitrogen and oxygen atoms in total. The molecule has 0 bridgehead atoms. The van der Waals surface area contributed by atoms with Crippen molar-refractivity contribution in [3.8, 4) is 0 Å². The number of carbonyl (C=O) groups is 1. The third kappa shape index (κ3) is 3.63. The molecule has 1 unspecified atom stereocenters. The molecule has 1 N–H and O–H groups in total. The first-order valence-electron chi connectivity index (χ1n) is 7.46. The fraction of sp³-hybridized carbons (Fsp3) is 0.118. The Kier molecular flexibility index (Phi) is 4.61. The van der Waals surface area contributed by atoms with Crippen LogP contribution in [0, 0.1) is 0 Å². The topological polar surface area (TPSA) is 64.1 Å². The maximum atomic E-state index is 11.8. The fourth-order valence-electron chi connectivity index (χ4n) is 2.42. The van der Waals surface area contributed by atoms with Gasteiger partial charge in [0, 0.05) is 16.3 Å². The first-order chi connectivity index (χ1) is 12.2. The molecule has 4 rings (SSSR count). The molecule has 0 saturated heterocycles. The first-order valence-corrected chi connectivity index (χ1v) is 9.64. The number of fused-ring (bicyclic) bond motifs is 1. The number of halogens is 1. The van der Waals surface area contributed by atoms with Crippen LogP contribution in [0.1, 0.15) is 27.7 Å². The van der Waals surface area contributed by atoms with Crippen molar-refractivity contribution in [2.45, 2.75) is 16.3 Å². The molecule has 0 fully saturated rings. The van der Waals surface area contributed by atoms with Crippen LogP contribution >= 0.6 is 34.7 Å². The predicted molar refractivity (Wildman–Crippen MR) is 99.1 cm³/mol. The van der Waals surface area contributed by atoms with Crippen LogP contribution in [0.2, 0.25) is 5.02 Å². The van der Waals surface area contributed by atoms with Gasteiger partial charge in [-0.15, -0.1) is 10.2 Å². The van der Waals surface area contributed by atoms with Crippen LogP contribution < -0.4 is 5.32 Å². The Hall–Kier alpha value is -2.09. The molecule has 2 heterocycles. The number of cyclic esters (lactones) is 1. The molecule has 0 spiro atoms. The highest BCUT2D eigenvalue weighted by Gasteiger charge is 2.31. The van der Waals surface area contributed by atoms with Crippen LogP contribution in [0.25, 0.3) is 0 Å². The number of nitrogens with one attached hydrogen (secondary N) is 1. The molecule has 126 valence electrons.